The van der Waals surface area contributed by atoms with Gasteiger partial charge in [-0.3, -0.25) is 19.8 Å². The standard InChI is InChI=1S/C11H10ClFN2O2/c12-8-3-1-2-7(11(8)13)6-15-9(16)4-14-5-10(15)17/h1-3,14H,4-6H2. The highest BCUT2D eigenvalue weighted by atomic mass is 35.5. The molecule has 0 saturated carbocycles. The molecule has 1 aromatic rings. The lowest BCUT2D eigenvalue weighted by Gasteiger charge is -2.25. The minimum absolute atomic E-state index is 0.0162. The van der Waals surface area contributed by atoms with Crippen LogP contribution < -0.4 is 5.32 Å². The molecule has 0 aromatic heterocycles. The third-order valence-electron chi connectivity index (χ3n) is 2.51. The average molecular weight is 257 g/mol. The fourth-order valence-corrected chi connectivity index (χ4v) is 1.82. The predicted molar refractivity (Wildman–Crippen MR) is 59.8 cm³/mol. The smallest absolute Gasteiger partial charge is 0.243 e. The van der Waals surface area contributed by atoms with Crippen molar-refractivity contribution < 1.29 is 14.0 Å². The Balaban J connectivity index is 2.22. The van der Waals surface area contributed by atoms with Crippen LogP contribution in [0.2, 0.25) is 5.02 Å². The number of halogens is 2. The van der Waals surface area contributed by atoms with Crippen molar-refractivity contribution in [1.29, 1.82) is 0 Å². The molecule has 1 fully saturated rings. The minimum Gasteiger partial charge on any atom is -0.300 e. The molecule has 2 amide bonds. The van der Waals surface area contributed by atoms with Crippen LogP contribution in [-0.4, -0.2) is 29.8 Å². The van der Waals surface area contributed by atoms with Gasteiger partial charge in [0.05, 0.1) is 24.7 Å². The topological polar surface area (TPSA) is 49.4 Å². The Morgan fingerprint density at radius 2 is 1.94 bits per heavy atom. The van der Waals surface area contributed by atoms with E-state index in [1.54, 1.807) is 6.07 Å². The summed E-state index contributed by atoms with van der Waals surface area (Å²) in [4.78, 5) is 24.0. The maximum Gasteiger partial charge on any atom is 0.243 e. The highest BCUT2D eigenvalue weighted by Gasteiger charge is 2.26. The highest BCUT2D eigenvalue weighted by Crippen LogP contribution is 2.19. The van der Waals surface area contributed by atoms with E-state index in [1.165, 1.54) is 12.1 Å². The molecule has 1 N–H and O–H groups in total. The van der Waals surface area contributed by atoms with Crippen LogP contribution in [0.4, 0.5) is 4.39 Å². The van der Waals surface area contributed by atoms with Gasteiger partial charge in [-0.05, 0) is 6.07 Å². The first-order valence-electron chi connectivity index (χ1n) is 5.06. The van der Waals surface area contributed by atoms with E-state index >= 15 is 0 Å². The van der Waals surface area contributed by atoms with Gasteiger partial charge in [0.1, 0.15) is 5.82 Å². The second kappa shape index (κ2) is 4.81. The van der Waals surface area contributed by atoms with Crippen LogP contribution in [-0.2, 0) is 16.1 Å². The molecule has 1 aliphatic heterocycles. The van der Waals surface area contributed by atoms with Crippen molar-refractivity contribution in [3.63, 3.8) is 0 Å². The number of hydrogen-bond donors (Lipinski definition) is 1. The Morgan fingerprint density at radius 1 is 1.29 bits per heavy atom. The maximum absolute atomic E-state index is 13.6. The van der Waals surface area contributed by atoms with Gasteiger partial charge in [0, 0.05) is 5.56 Å². The molecule has 90 valence electrons. The largest absolute Gasteiger partial charge is 0.300 e. The fraction of sp³-hybridized carbons (Fsp3) is 0.273. The van der Waals surface area contributed by atoms with Gasteiger partial charge in [0.2, 0.25) is 11.8 Å². The molecule has 6 heteroatoms. The molecule has 4 nitrogen and oxygen atoms in total. The number of nitrogens with one attached hydrogen (secondary N) is 1. The lowest BCUT2D eigenvalue weighted by atomic mass is 10.2. The Labute approximate surface area is 102 Å². The zero-order chi connectivity index (χ0) is 12.4. The molecule has 17 heavy (non-hydrogen) atoms. The third kappa shape index (κ3) is 2.45. The van der Waals surface area contributed by atoms with Gasteiger partial charge in [-0.25, -0.2) is 4.39 Å². The number of piperazine rings is 1. The molecular formula is C11H10ClFN2O2. The van der Waals surface area contributed by atoms with Gasteiger partial charge < -0.3 is 0 Å². The van der Waals surface area contributed by atoms with E-state index in [2.05, 4.69) is 5.32 Å². The fourth-order valence-electron chi connectivity index (χ4n) is 1.62. The number of imide groups is 1. The van der Waals surface area contributed by atoms with Crippen LogP contribution in [0.15, 0.2) is 18.2 Å². The van der Waals surface area contributed by atoms with Crippen LogP contribution in [0.1, 0.15) is 5.56 Å². The van der Waals surface area contributed by atoms with E-state index in [0.29, 0.717) is 0 Å². The first kappa shape index (κ1) is 12.0. The molecule has 1 aliphatic rings. The third-order valence-corrected chi connectivity index (χ3v) is 2.81. The first-order valence-corrected chi connectivity index (χ1v) is 5.44. The molecule has 2 rings (SSSR count). The molecule has 0 atom stereocenters. The van der Waals surface area contributed by atoms with Crippen LogP contribution in [0.5, 0.6) is 0 Å². The van der Waals surface area contributed by atoms with Gasteiger partial charge in [-0.2, -0.15) is 0 Å². The lowest BCUT2D eigenvalue weighted by molar-refractivity contribution is -0.147. The number of carbonyl (C=O) groups is 2. The molecule has 0 aliphatic carbocycles. The predicted octanol–water partition coefficient (Wildman–Crippen LogP) is 0.938. The van der Waals surface area contributed by atoms with Crippen LogP contribution in [0.25, 0.3) is 0 Å². The van der Waals surface area contributed by atoms with Gasteiger partial charge in [0.15, 0.2) is 0 Å². The Kier molecular flexibility index (Phi) is 3.40. The molecule has 0 spiro atoms. The monoisotopic (exact) mass is 256 g/mol. The average Bonchev–Trinajstić information content (AvgIpc) is 2.29. The van der Waals surface area contributed by atoms with Crippen molar-refractivity contribution in [2.24, 2.45) is 0 Å². The van der Waals surface area contributed by atoms with Crippen molar-refractivity contribution in [3.05, 3.63) is 34.6 Å². The number of rotatable bonds is 2. The first-order chi connectivity index (χ1) is 8.09. The van der Waals surface area contributed by atoms with Gasteiger partial charge in [-0.15, -0.1) is 0 Å². The van der Waals surface area contributed by atoms with Crippen molar-refractivity contribution in [2.75, 3.05) is 13.1 Å². The summed E-state index contributed by atoms with van der Waals surface area (Å²) in [6.45, 7) is 0.105. The normalized spacial score (nSPS) is 16.5. The van der Waals surface area contributed by atoms with E-state index in [1.807, 2.05) is 0 Å². The Hall–Kier alpha value is -1.46. The molecule has 0 unspecified atom stereocenters. The summed E-state index contributed by atoms with van der Waals surface area (Å²) in [5.74, 6) is -1.31. The summed E-state index contributed by atoms with van der Waals surface area (Å²) < 4.78 is 13.6. The van der Waals surface area contributed by atoms with Crippen molar-refractivity contribution in [3.8, 4) is 0 Å². The van der Waals surface area contributed by atoms with Crippen molar-refractivity contribution in [1.82, 2.24) is 10.2 Å². The second-order valence-corrected chi connectivity index (χ2v) is 4.10. The summed E-state index contributed by atoms with van der Waals surface area (Å²) >= 11 is 5.63. The van der Waals surface area contributed by atoms with E-state index in [9.17, 15) is 14.0 Å². The highest BCUT2D eigenvalue weighted by molar-refractivity contribution is 6.30. The minimum atomic E-state index is -0.590. The second-order valence-electron chi connectivity index (χ2n) is 3.69. The Morgan fingerprint density at radius 3 is 2.59 bits per heavy atom. The molecule has 0 radical (unpaired) electrons. The molecule has 1 aromatic carbocycles. The number of carbonyl (C=O) groups excluding carboxylic acids is 2. The van der Waals surface area contributed by atoms with Gasteiger partial charge >= 0.3 is 0 Å². The molecule has 0 bridgehead atoms. The molecular weight excluding hydrogens is 247 g/mol. The lowest BCUT2D eigenvalue weighted by Crippen LogP contribution is -2.51. The zero-order valence-electron chi connectivity index (χ0n) is 8.87. The van der Waals surface area contributed by atoms with E-state index in [0.717, 1.165) is 4.90 Å². The van der Waals surface area contributed by atoms with E-state index in [4.69, 9.17) is 11.6 Å². The van der Waals surface area contributed by atoms with Gasteiger partial charge in [0.25, 0.3) is 0 Å². The maximum atomic E-state index is 13.6. The van der Waals surface area contributed by atoms with Crippen LogP contribution in [0.3, 0.4) is 0 Å². The summed E-state index contributed by atoms with van der Waals surface area (Å²) in [6, 6.07) is 4.50. The van der Waals surface area contributed by atoms with E-state index in [-0.39, 0.29) is 42.0 Å². The number of hydrogen-bond acceptors (Lipinski definition) is 3. The number of nitrogens with zero attached hydrogens (tertiary/aromatic N) is 1. The number of amides is 2. The quantitative estimate of drug-likeness (QED) is 0.801. The number of benzene rings is 1. The molecule has 1 heterocycles. The SMILES string of the molecule is O=C1CNCC(=O)N1Cc1cccc(Cl)c1F. The van der Waals surface area contributed by atoms with Gasteiger partial charge in [-0.1, -0.05) is 23.7 Å². The van der Waals surface area contributed by atoms with Crippen LogP contribution >= 0.6 is 11.6 Å². The summed E-state index contributed by atoms with van der Waals surface area (Å²) in [5, 5.41) is 2.65. The molecule has 1 saturated heterocycles. The van der Waals surface area contributed by atoms with Crippen molar-refractivity contribution in [2.45, 2.75) is 6.54 Å². The Bertz CT molecular complexity index is 463. The van der Waals surface area contributed by atoms with Crippen molar-refractivity contribution >= 4 is 23.4 Å². The summed E-state index contributed by atoms with van der Waals surface area (Å²) in [7, 11) is 0. The summed E-state index contributed by atoms with van der Waals surface area (Å²) in [5.41, 5.74) is 0.237. The zero-order valence-corrected chi connectivity index (χ0v) is 9.63. The van der Waals surface area contributed by atoms with E-state index < -0.39 is 5.82 Å². The van der Waals surface area contributed by atoms with Crippen LogP contribution in [0, 0.1) is 5.82 Å². The summed E-state index contributed by atoms with van der Waals surface area (Å²) in [6.07, 6.45) is 0.